The van der Waals surface area contributed by atoms with E-state index in [1.54, 1.807) is 0 Å². The molecule has 0 saturated heterocycles. The molecule has 4 heteroatoms. The molecule has 0 atom stereocenters. The van der Waals surface area contributed by atoms with Crippen molar-refractivity contribution in [1.82, 2.24) is 19.1 Å². The third-order valence-corrected chi connectivity index (χ3v) is 12.7. The first kappa shape index (κ1) is 34.5. The fraction of sp³-hybridized carbons (Fsp3) is 0. The van der Waals surface area contributed by atoms with Gasteiger partial charge in [0.05, 0.1) is 33.5 Å². The van der Waals surface area contributed by atoms with Gasteiger partial charge in [-0.3, -0.25) is 4.57 Å². The number of hydrogen-bond acceptors (Lipinski definition) is 2. The maximum absolute atomic E-state index is 5.44. The fourth-order valence-electron chi connectivity index (χ4n) is 9.88. The lowest BCUT2D eigenvalue weighted by Gasteiger charge is -2.14. The lowest BCUT2D eigenvalue weighted by molar-refractivity contribution is 0.996. The molecule has 0 N–H and O–H groups in total. The number of nitrogens with zero attached hydrogens (tertiary/aromatic N) is 4. The van der Waals surface area contributed by atoms with Crippen molar-refractivity contribution < 1.29 is 0 Å². The van der Waals surface area contributed by atoms with E-state index in [2.05, 4.69) is 228 Å². The van der Waals surface area contributed by atoms with Crippen LogP contribution < -0.4 is 0 Å². The molecule has 0 fully saturated rings. The Balaban J connectivity index is 1.01. The highest BCUT2D eigenvalue weighted by molar-refractivity contribution is 6.25. The Morgan fingerprint density at radius 1 is 0.242 bits per heavy atom. The first-order valence-corrected chi connectivity index (χ1v) is 21.2. The van der Waals surface area contributed by atoms with E-state index in [9.17, 15) is 0 Å². The molecule has 13 rings (SSSR count). The Kier molecular flexibility index (Phi) is 7.57. The second kappa shape index (κ2) is 13.6. The molecule has 0 aliphatic carbocycles. The van der Waals surface area contributed by atoms with Crippen molar-refractivity contribution in [3.63, 3.8) is 0 Å². The average Bonchev–Trinajstić information content (AvgIpc) is 3.86. The van der Waals surface area contributed by atoms with E-state index in [1.807, 2.05) is 0 Å². The van der Waals surface area contributed by atoms with Crippen molar-refractivity contribution in [2.75, 3.05) is 0 Å². The molecule has 0 bridgehead atoms. The molecule has 4 nitrogen and oxygen atoms in total. The maximum Gasteiger partial charge on any atom is 0.235 e. The minimum Gasteiger partial charge on any atom is -0.309 e. The number of aromatic nitrogens is 4. The van der Waals surface area contributed by atoms with Gasteiger partial charge in [0.25, 0.3) is 0 Å². The van der Waals surface area contributed by atoms with Gasteiger partial charge in [0.1, 0.15) is 0 Å². The SMILES string of the molecule is c1ccc(-c2cc(-c3ccc4c5ccccc5c5ccccc5c4c3)nc(-n3c4ccccc4c4cc(-c5ccc6c(c5)c5ccccc5n6-c5ccccc5)ccc43)n2)cc1. The van der Waals surface area contributed by atoms with Crippen LogP contribution in [0.1, 0.15) is 0 Å². The Labute approximate surface area is 357 Å². The van der Waals surface area contributed by atoms with Gasteiger partial charge < -0.3 is 4.57 Å². The first-order valence-electron chi connectivity index (χ1n) is 21.2. The summed E-state index contributed by atoms with van der Waals surface area (Å²) < 4.78 is 4.61. The maximum atomic E-state index is 5.44. The summed E-state index contributed by atoms with van der Waals surface area (Å²) in [5.74, 6) is 0.638. The van der Waals surface area contributed by atoms with E-state index < -0.39 is 0 Å². The highest BCUT2D eigenvalue weighted by Gasteiger charge is 2.19. The van der Waals surface area contributed by atoms with Crippen LogP contribution in [-0.4, -0.2) is 19.1 Å². The minimum absolute atomic E-state index is 0.638. The van der Waals surface area contributed by atoms with E-state index in [1.165, 1.54) is 59.7 Å². The molecule has 0 unspecified atom stereocenters. The summed E-state index contributed by atoms with van der Waals surface area (Å²) in [4.78, 5) is 10.8. The Bertz CT molecular complexity index is 3880. The van der Waals surface area contributed by atoms with Crippen LogP contribution in [0.3, 0.4) is 0 Å². The number of benzene rings is 10. The van der Waals surface area contributed by atoms with Gasteiger partial charge in [-0.1, -0.05) is 158 Å². The summed E-state index contributed by atoms with van der Waals surface area (Å²) in [7, 11) is 0. The van der Waals surface area contributed by atoms with Gasteiger partial charge in [-0.05, 0) is 104 Å². The Morgan fingerprint density at radius 3 is 1.24 bits per heavy atom. The summed E-state index contributed by atoms with van der Waals surface area (Å²) in [6.45, 7) is 0. The predicted octanol–water partition coefficient (Wildman–Crippen LogP) is 15.1. The molecule has 0 aliphatic rings. The van der Waals surface area contributed by atoms with Crippen molar-refractivity contribution in [3.8, 4) is 45.3 Å². The van der Waals surface area contributed by atoms with Gasteiger partial charge in [0.2, 0.25) is 5.95 Å². The van der Waals surface area contributed by atoms with Crippen LogP contribution in [0.25, 0.3) is 121 Å². The van der Waals surface area contributed by atoms with E-state index in [0.717, 1.165) is 55.6 Å². The molecule has 3 heterocycles. The summed E-state index contributed by atoms with van der Waals surface area (Å²) >= 11 is 0. The third kappa shape index (κ3) is 5.27. The van der Waals surface area contributed by atoms with Crippen molar-refractivity contribution in [3.05, 3.63) is 218 Å². The van der Waals surface area contributed by atoms with Crippen molar-refractivity contribution in [2.24, 2.45) is 0 Å². The lowest BCUT2D eigenvalue weighted by atomic mass is 9.93. The van der Waals surface area contributed by atoms with Gasteiger partial charge >= 0.3 is 0 Å². The fourth-order valence-corrected chi connectivity index (χ4v) is 9.88. The van der Waals surface area contributed by atoms with Crippen LogP contribution in [0, 0.1) is 0 Å². The molecular weight excluding hydrogens is 753 g/mol. The van der Waals surface area contributed by atoms with Crippen LogP contribution in [-0.2, 0) is 0 Å². The van der Waals surface area contributed by atoms with Gasteiger partial charge in [0.15, 0.2) is 0 Å². The standard InChI is InChI=1S/C58H36N4/c1-3-15-37(16-4-1)52-36-53(40-27-30-46-44-21-8-7-19-42(44)43-20-9-10-22-45(43)49(46)35-40)60-58(59-52)62-55-26-14-12-24-48(55)51-34-39(29-32-57(51)62)38-28-31-56-50(33-38)47-23-11-13-25-54(47)61(56)41-17-5-2-6-18-41/h1-36H. The molecule has 0 saturated carbocycles. The number of para-hydroxylation sites is 3. The van der Waals surface area contributed by atoms with Gasteiger partial charge in [-0.2, -0.15) is 0 Å². The zero-order valence-corrected chi connectivity index (χ0v) is 33.6. The molecule has 3 aromatic heterocycles. The summed E-state index contributed by atoms with van der Waals surface area (Å²) in [6, 6.07) is 78.5. The number of fused-ring (bicyclic) bond motifs is 12. The molecule has 10 aromatic carbocycles. The third-order valence-electron chi connectivity index (χ3n) is 12.7. The second-order valence-corrected chi connectivity index (χ2v) is 16.2. The number of hydrogen-bond donors (Lipinski definition) is 0. The van der Waals surface area contributed by atoms with Crippen molar-refractivity contribution >= 4 is 75.9 Å². The molecule has 0 amide bonds. The van der Waals surface area contributed by atoms with Crippen molar-refractivity contribution in [1.29, 1.82) is 0 Å². The van der Waals surface area contributed by atoms with Crippen LogP contribution in [0.4, 0.5) is 0 Å². The van der Waals surface area contributed by atoms with Crippen LogP contribution in [0.5, 0.6) is 0 Å². The minimum atomic E-state index is 0.638. The Hall–Kier alpha value is -8.34. The summed E-state index contributed by atoms with van der Waals surface area (Å²) in [5, 5.41) is 12.3. The van der Waals surface area contributed by atoms with Crippen LogP contribution in [0.2, 0.25) is 0 Å². The quantitative estimate of drug-likeness (QED) is 0.163. The smallest absolute Gasteiger partial charge is 0.235 e. The Morgan fingerprint density at radius 2 is 0.645 bits per heavy atom. The van der Waals surface area contributed by atoms with Crippen LogP contribution in [0.15, 0.2) is 218 Å². The average molecular weight is 789 g/mol. The summed E-state index contributed by atoms with van der Waals surface area (Å²) in [6.07, 6.45) is 0. The topological polar surface area (TPSA) is 35.6 Å². The zero-order chi connectivity index (χ0) is 40.7. The molecular formula is C58H36N4. The molecule has 62 heavy (non-hydrogen) atoms. The number of rotatable bonds is 5. The summed E-state index contributed by atoms with van der Waals surface area (Å²) in [5.41, 5.74) is 11.8. The van der Waals surface area contributed by atoms with Crippen LogP contribution >= 0.6 is 0 Å². The molecule has 0 radical (unpaired) electrons. The predicted molar refractivity (Wildman–Crippen MR) is 260 cm³/mol. The monoisotopic (exact) mass is 788 g/mol. The largest absolute Gasteiger partial charge is 0.309 e. The zero-order valence-electron chi connectivity index (χ0n) is 33.6. The molecule has 0 spiro atoms. The lowest BCUT2D eigenvalue weighted by Crippen LogP contribution is -2.04. The van der Waals surface area contributed by atoms with E-state index in [0.29, 0.717) is 5.95 Å². The molecule has 13 aromatic rings. The molecule has 0 aliphatic heterocycles. The van der Waals surface area contributed by atoms with Gasteiger partial charge in [-0.25, -0.2) is 9.97 Å². The first-order chi connectivity index (χ1) is 30.7. The van der Waals surface area contributed by atoms with E-state index in [-0.39, 0.29) is 0 Å². The van der Waals surface area contributed by atoms with Crippen molar-refractivity contribution in [2.45, 2.75) is 0 Å². The van der Waals surface area contributed by atoms with E-state index >= 15 is 0 Å². The second-order valence-electron chi connectivity index (χ2n) is 16.2. The highest BCUT2D eigenvalue weighted by Crippen LogP contribution is 2.40. The van der Waals surface area contributed by atoms with Gasteiger partial charge in [-0.15, -0.1) is 0 Å². The van der Waals surface area contributed by atoms with E-state index in [4.69, 9.17) is 9.97 Å². The normalized spacial score (nSPS) is 11.9. The molecule has 288 valence electrons. The highest BCUT2D eigenvalue weighted by atomic mass is 15.2. The van der Waals surface area contributed by atoms with Gasteiger partial charge in [0, 0.05) is 38.4 Å².